The Kier molecular flexibility index (Phi) is 3.99. The number of carbonyl (C=O) groups excluding carboxylic acids is 1. The largest absolute Gasteiger partial charge is 0.381 e. The molecule has 7 atom stereocenters. The molecule has 0 radical (unpaired) electrons. The van der Waals surface area contributed by atoms with Gasteiger partial charge in [-0.1, -0.05) is 25.5 Å². The molecule has 4 rings (SSSR count). The Balaban J connectivity index is 1.63. The lowest BCUT2D eigenvalue weighted by Crippen LogP contribution is -2.51. The summed E-state index contributed by atoms with van der Waals surface area (Å²) in [5, 5.41) is 0. The molecule has 3 fully saturated rings. The molecule has 4 aliphatic carbocycles. The van der Waals surface area contributed by atoms with Crippen LogP contribution in [0.5, 0.6) is 0 Å². The molecule has 134 valence electrons. The van der Waals surface area contributed by atoms with Crippen LogP contribution in [-0.2, 0) is 9.53 Å². The highest BCUT2D eigenvalue weighted by atomic mass is 16.5. The fourth-order valence-electron chi connectivity index (χ4n) is 7.50. The third kappa shape index (κ3) is 2.21. The van der Waals surface area contributed by atoms with Crippen LogP contribution in [0, 0.1) is 34.5 Å². The second-order valence-corrected chi connectivity index (χ2v) is 9.64. The quantitative estimate of drug-likeness (QED) is 0.653. The van der Waals surface area contributed by atoms with Crippen molar-refractivity contribution in [2.75, 3.05) is 7.11 Å². The van der Waals surface area contributed by atoms with Gasteiger partial charge in [0, 0.05) is 13.0 Å². The molecule has 2 heteroatoms. The van der Waals surface area contributed by atoms with Crippen LogP contribution in [0.3, 0.4) is 0 Å². The average Bonchev–Trinajstić information content (AvgIpc) is 2.91. The van der Waals surface area contributed by atoms with E-state index in [1.165, 1.54) is 38.5 Å². The number of rotatable bonds is 2. The molecule has 24 heavy (non-hydrogen) atoms. The molecule has 0 N–H and O–H groups in total. The fourth-order valence-corrected chi connectivity index (χ4v) is 7.50. The standard InChI is InChI=1S/C22H34O2/c1-14(23)18-7-8-19-17-6-5-15-13-16(24-4)9-11-21(15,2)20(17)10-12-22(18,19)3/h5,16-20H,6-13H2,1-4H3/t16?,17-,18?,19-,20+,21-,22+/m0/s1. The van der Waals surface area contributed by atoms with Crippen LogP contribution in [0.15, 0.2) is 11.6 Å². The summed E-state index contributed by atoms with van der Waals surface area (Å²) >= 11 is 0. The highest BCUT2D eigenvalue weighted by Crippen LogP contribution is 2.66. The minimum absolute atomic E-state index is 0.276. The molecule has 0 heterocycles. The van der Waals surface area contributed by atoms with Gasteiger partial charge in [-0.2, -0.15) is 0 Å². The van der Waals surface area contributed by atoms with Gasteiger partial charge in [-0.3, -0.25) is 4.79 Å². The Bertz CT molecular complexity index is 564. The normalized spacial score (nSPS) is 50.5. The molecule has 0 aromatic heterocycles. The number of Topliss-reactive ketones (excluding diaryl/α,β-unsaturated/α-hetero) is 1. The Morgan fingerprint density at radius 2 is 1.92 bits per heavy atom. The van der Waals surface area contributed by atoms with Crippen LogP contribution in [0.4, 0.5) is 0 Å². The van der Waals surface area contributed by atoms with Crippen molar-refractivity contribution in [1.82, 2.24) is 0 Å². The number of ether oxygens (including phenoxy) is 1. The van der Waals surface area contributed by atoms with E-state index in [1.54, 1.807) is 5.57 Å². The molecule has 0 saturated heterocycles. The summed E-state index contributed by atoms with van der Waals surface area (Å²) in [6.45, 7) is 6.81. The highest BCUT2D eigenvalue weighted by Gasteiger charge is 2.59. The Hall–Kier alpha value is -0.630. The maximum Gasteiger partial charge on any atom is 0.133 e. The number of ketones is 1. The second-order valence-electron chi connectivity index (χ2n) is 9.64. The van der Waals surface area contributed by atoms with Crippen LogP contribution >= 0.6 is 0 Å². The molecule has 0 aromatic carbocycles. The van der Waals surface area contributed by atoms with Gasteiger partial charge >= 0.3 is 0 Å². The molecular formula is C22H34O2. The third-order valence-electron chi connectivity index (χ3n) is 8.88. The Morgan fingerprint density at radius 3 is 2.62 bits per heavy atom. The van der Waals surface area contributed by atoms with E-state index in [0.717, 1.165) is 30.6 Å². The number of methoxy groups -OCH3 is 1. The predicted molar refractivity (Wildman–Crippen MR) is 96.7 cm³/mol. The van der Waals surface area contributed by atoms with Gasteiger partial charge in [-0.25, -0.2) is 0 Å². The van der Waals surface area contributed by atoms with E-state index in [1.807, 2.05) is 14.0 Å². The topological polar surface area (TPSA) is 26.3 Å². The molecular weight excluding hydrogens is 296 g/mol. The summed E-state index contributed by atoms with van der Waals surface area (Å²) < 4.78 is 5.67. The summed E-state index contributed by atoms with van der Waals surface area (Å²) in [5.41, 5.74) is 2.36. The molecule has 2 unspecified atom stereocenters. The molecule has 4 aliphatic rings. The van der Waals surface area contributed by atoms with E-state index in [9.17, 15) is 4.79 Å². The van der Waals surface area contributed by atoms with Crippen LogP contribution in [0.2, 0.25) is 0 Å². The Morgan fingerprint density at radius 1 is 1.12 bits per heavy atom. The summed E-state index contributed by atoms with van der Waals surface area (Å²) in [5.74, 6) is 3.17. The molecule has 3 saturated carbocycles. The molecule has 0 amide bonds. The summed E-state index contributed by atoms with van der Waals surface area (Å²) in [7, 11) is 1.87. The van der Waals surface area contributed by atoms with Crippen molar-refractivity contribution in [3.8, 4) is 0 Å². The monoisotopic (exact) mass is 330 g/mol. The maximum absolute atomic E-state index is 12.2. The minimum atomic E-state index is 0.276. The second kappa shape index (κ2) is 5.69. The van der Waals surface area contributed by atoms with Crippen molar-refractivity contribution in [3.05, 3.63) is 11.6 Å². The smallest absolute Gasteiger partial charge is 0.133 e. The van der Waals surface area contributed by atoms with E-state index >= 15 is 0 Å². The van der Waals surface area contributed by atoms with Crippen molar-refractivity contribution in [2.24, 2.45) is 34.5 Å². The van der Waals surface area contributed by atoms with E-state index in [2.05, 4.69) is 19.9 Å². The van der Waals surface area contributed by atoms with Gasteiger partial charge in [-0.05, 0) is 86.9 Å². The van der Waals surface area contributed by atoms with Crippen molar-refractivity contribution in [3.63, 3.8) is 0 Å². The number of hydrogen-bond acceptors (Lipinski definition) is 2. The SMILES string of the molecule is COC1CC[C@@]2(C)C(=CC[C@@H]3[C@H]2CC[C@]2(C)C(C(C)=O)CC[C@@H]32)C1. The predicted octanol–water partition coefficient (Wildman–Crippen LogP) is 5.17. The van der Waals surface area contributed by atoms with Crippen LogP contribution < -0.4 is 0 Å². The van der Waals surface area contributed by atoms with Gasteiger partial charge in [0.2, 0.25) is 0 Å². The average molecular weight is 331 g/mol. The zero-order chi connectivity index (χ0) is 17.1. The van der Waals surface area contributed by atoms with Gasteiger partial charge in [-0.15, -0.1) is 0 Å². The lowest BCUT2D eigenvalue weighted by atomic mass is 9.47. The van der Waals surface area contributed by atoms with E-state index in [-0.39, 0.29) is 5.41 Å². The minimum Gasteiger partial charge on any atom is -0.381 e. The van der Waals surface area contributed by atoms with Crippen molar-refractivity contribution in [2.45, 2.75) is 78.2 Å². The zero-order valence-electron chi connectivity index (χ0n) is 15.9. The lowest BCUT2D eigenvalue weighted by Gasteiger charge is -2.58. The first-order valence-electron chi connectivity index (χ1n) is 10.1. The van der Waals surface area contributed by atoms with Crippen LogP contribution in [0.25, 0.3) is 0 Å². The first-order valence-corrected chi connectivity index (χ1v) is 10.1. The number of fused-ring (bicyclic) bond motifs is 5. The highest BCUT2D eigenvalue weighted by molar-refractivity contribution is 5.79. The molecule has 0 aromatic rings. The summed E-state index contributed by atoms with van der Waals surface area (Å²) in [4.78, 5) is 12.2. The first-order chi connectivity index (χ1) is 11.4. The van der Waals surface area contributed by atoms with Gasteiger partial charge in [0.05, 0.1) is 6.10 Å². The first kappa shape index (κ1) is 16.8. The van der Waals surface area contributed by atoms with Crippen molar-refractivity contribution < 1.29 is 9.53 Å². The molecule has 2 nitrogen and oxygen atoms in total. The maximum atomic E-state index is 12.2. The van der Waals surface area contributed by atoms with Crippen molar-refractivity contribution in [1.29, 1.82) is 0 Å². The summed E-state index contributed by atoms with van der Waals surface area (Å²) in [6, 6.07) is 0. The van der Waals surface area contributed by atoms with E-state index < -0.39 is 0 Å². The Labute approximate surface area is 147 Å². The molecule has 0 aliphatic heterocycles. The van der Waals surface area contributed by atoms with Gasteiger partial charge in [0.25, 0.3) is 0 Å². The number of allylic oxidation sites excluding steroid dienone is 1. The van der Waals surface area contributed by atoms with Crippen LogP contribution in [0.1, 0.15) is 72.1 Å². The lowest BCUT2D eigenvalue weighted by molar-refractivity contribution is -0.127. The van der Waals surface area contributed by atoms with E-state index in [0.29, 0.717) is 23.2 Å². The van der Waals surface area contributed by atoms with E-state index in [4.69, 9.17) is 4.74 Å². The van der Waals surface area contributed by atoms with Gasteiger partial charge in [0.15, 0.2) is 0 Å². The number of carbonyl (C=O) groups is 1. The number of hydrogen-bond donors (Lipinski definition) is 0. The van der Waals surface area contributed by atoms with Gasteiger partial charge in [0.1, 0.15) is 5.78 Å². The van der Waals surface area contributed by atoms with Crippen molar-refractivity contribution >= 4 is 5.78 Å². The zero-order valence-corrected chi connectivity index (χ0v) is 15.9. The third-order valence-corrected chi connectivity index (χ3v) is 8.88. The van der Waals surface area contributed by atoms with Gasteiger partial charge < -0.3 is 4.74 Å². The molecule has 0 spiro atoms. The fraction of sp³-hybridized carbons (Fsp3) is 0.864. The molecule has 0 bridgehead atoms. The van der Waals surface area contributed by atoms with Crippen LogP contribution in [-0.4, -0.2) is 19.0 Å². The summed E-state index contributed by atoms with van der Waals surface area (Å²) in [6.07, 6.45) is 12.9.